The molecule has 15 heavy (non-hydrogen) atoms. The molecule has 3 nitrogen and oxygen atoms in total. The highest BCUT2D eigenvalue weighted by Gasteiger charge is 2.23. The smallest absolute Gasteiger partial charge is 0.0378 e. The van der Waals surface area contributed by atoms with Crippen LogP contribution in [0.15, 0.2) is 18.5 Å². The van der Waals surface area contributed by atoms with Crippen LogP contribution in [0.3, 0.4) is 0 Å². The molecule has 1 rings (SSSR count). The van der Waals surface area contributed by atoms with E-state index in [4.69, 9.17) is 5.73 Å². The first kappa shape index (κ1) is 12.0. The molecule has 3 N–H and O–H groups in total. The third-order valence-corrected chi connectivity index (χ3v) is 2.76. The lowest BCUT2D eigenvalue weighted by molar-refractivity contribution is 0.280. The maximum Gasteiger partial charge on any atom is 0.0378 e. The molecule has 3 heteroatoms. The van der Waals surface area contributed by atoms with Crippen LogP contribution in [0.5, 0.6) is 0 Å². The topological polar surface area (TPSA) is 50.9 Å². The molecule has 0 saturated heterocycles. The van der Waals surface area contributed by atoms with Crippen molar-refractivity contribution in [3.8, 4) is 0 Å². The van der Waals surface area contributed by atoms with E-state index >= 15 is 0 Å². The molecule has 1 aromatic heterocycles. The van der Waals surface area contributed by atoms with Gasteiger partial charge in [0.2, 0.25) is 0 Å². The first-order chi connectivity index (χ1) is 6.95. The quantitative estimate of drug-likeness (QED) is 0.795. The number of likely N-dealkylation sites (N-methyl/N-ethyl adjacent to an activating group) is 1. The normalized spacial score (nSPS) is 13.9. The molecule has 0 fully saturated rings. The van der Waals surface area contributed by atoms with Crippen LogP contribution in [0.1, 0.15) is 26.3 Å². The van der Waals surface area contributed by atoms with Crippen molar-refractivity contribution >= 4 is 5.69 Å². The lowest BCUT2D eigenvalue weighted by atomic mass is 9.83. The Morgan fingerprint density at radius 3 is 2.60 bits per heavy atom. The van der Waals surface area contributed by atoms with Crippen LogP contribution in [-0.2, 0) is 6.42 Å². The van der Waals surface area contributed by atoms with Crippen LogP contribution >= 0.6 is 0 Å². The summed E-state index contributed by atoms with van der Waals surface area (Å²) in [7, 11) is 1.99. The molecule has 84 valence electrons. The molecule has 0 radical (unpaired) electrons. The van der Waals surface area contributed by atoms with Gasteiger partial charge in [0.05, 0.1) is 0 Å². The molecule has 0 bridgehead atoms. The SMILES string of the molecule is CNC(Cc1cnccc1N)C(C)(C)C. The highest BCUT2D eigenvalue weighted by Crippen LogP contribution is 2.23. The second-order valence-electron chi connectivity index (χ2n) is 4.99. The van der Waals surface area contributed by atoms with Crippen LogP contribution in [-0.4, -0.2) is 18.1 Å². The standard InChI is InChI=1S/C12H21N3/c1-12(2,3)11(14-4)7-9-8-15-6-5-10(9)13/h5-6,8,11,14H,7H2,1-4H3,(H2,13,15). The Kier molecular flexibility index (Phi) is 3.69. The van der Waals surface area contributed by atoms with E-state index in [9.17, 15) is 0 Å². The minimum atomic E-state index is 0.219. The van der Waals surface area contributed by atoms with Crippen LogP contribution in [0.4, 0.5) is 5.69 Å². The van der Waals surface area contributed by atoms with Gasteiger partial charge >= 0.3 is 0 Å². The molecule has 1 aromatic rings. The highest BCUT2D eigenvalue weighted by atomic mass is 14.9. The molecule has 0 aromatic carbocycles. The van der Waals surface area contributed by atoms with E-state index in [2.05, 4.69) is 31.1 Å². The first-order valence-electron chi connectivity index (χ1n) is 5.30. The van der Waals surface area contributed by atoms with E-state index < -0.39 is 0 Å². The van der Waals surface area contributed by atoms with Crippen molar-refractivity contribution in [3.63, 3.8) is 0 Å². The molecular weight excluding hydrogens is 186 g/mol. The number of nitrogens with one attached hydrogen (secondary N) is 1. The van der Waals surface area contributed by atoms with Gasteiger partial charge in [-0.15, -0.1) is 0 Å². The molecule has 0 aliphatic carbocycles. The molecule has 0 amide bonds. The first-order valence-corrected chi connectivity index (χ1v) is 5.30. The zero-order valence-electron chi connectivity index (χ0n) is 10.0. The second kappa shape index (κ2) is 4.62. The maximum absolute atomic E-state index is 5.90. The van der Waals surface area contributed by atoms with Gasteiger partial charge in [-0.3, -0.25) is 4.98 Å². The molecule has 0 saturated carbocycles. The van der Waals surface area contributed by atoms with Gasteiger partial charge in [0.1, 0.15) is 0 Å². The van der Waals surface area contributed by atoms with Crippen LogP contribution in [0, 0.1) is 5.41 Å². The number of nitrogen functional groups attached to an aromatic ring is 1. The summed E-state index contributed by atoms with van der Waals surface area (Å²) in [6.45, 7) is 6.67. The largest absolute Gasteiger partial charge is 0.398 e. The minimum absolute atomic E-state index is 0.219. The second-order valence-corrected chi connectivity index (χ2v) is 4.99. The van der Waals surface area contributed by atoms with Crippen molar-refractivity contribution in [2.75, 3.05) is 12.8 Å². The third-order valence-electron chi connectivity index (χ3n) is 2.76. The van der Waals surface area contributed by atoms with Gasteiger partial charge in [-0.05, 0) is 30.5 Å². The van der Waals surface area contributed by atoms with Crippen molar-refractivity contribution in [2.24, 2.45) is 5.41 Å². The van der Waals surface area contributed by atoms with Gasteiger partial charge in [-0.25, -0.2) is 0 Å². The summed E-state index contributed by atoms with van der Waals surface area (Å²) in [6.07, 6.45) is 4.50. The predicted molar refractivity (Wildman–Crippen MR) is 64.7 cm³/mol. The van der Waals surface area contributed by atoms with Gasteiger partial charge in [0.15, 0.2) is 0 Å². The van der Waals surface area contributed by atoms with Crippen molar-refractivity contribution in [3.05, 3.63) is 24.0 Å². The van der Waals surface area contributed by atoms with Crippen molar-refractivity contribution < 1.29 is 0 Å². The van der Waals surface area contributed by atoms with Gasteiger partial charge in [-0.1, -0.05) is 20.8 Å². The molecule has 0 aliphatic heterocycles. The van der Waals surface area contributed by atoms with Crippen LogP contribution < -0.4 is 11.1 Å². The Morgan fingerprint density at radius 2 is 2.13 bits per heavy atom. The van der Waals surface area contributed by atoms with Gasteiger partial charge in [0, 0.05) is 24.1 Å². The summed E-state index contributed by atoms with van der Waals surface area (Å²) in [6, 6.07) is 2.26. The summed E-state index contributed by atoms with van der Waals surface area (Å²) in [4.78, 5) is 4.11. The molecule has 1 atom stereocenters. The van der Waals surface area contributed by atoms with Gasteiger partial charge < -0.3 is 11.1 Å². The summed E-state index contributed by atoms with van der Waals surface area (Å²) in [5, 5.41) is 3.33. The fraction of sp³-hybridized carbons (Fsp3) is 0.583. The molecule has 0 aliphatic rings. The average Bonchev–Trinajstić information content (AvgIpc) is 2.14. The summed E-state index contributed by atoms with van der Waals surface area (Å²) in [5.41, 5.74) is 8.06. The molecular formula is C12H21N3. The van der Waals surface area contributed by atoms with Gasteiger partial charge in [-0.2, -0.15) is 0 Å². The number of nitrogens with two attached hydrogens (primary N) is 1. The van der Waals surface area contributed by atoms with Crippen molar-refractivity contribution in [1.82, 2.24) is 10.3 Å². The fourth-order valence-corrected chi connectivity index (χ4v) is 1.67. The number of aromatic nitrogens is 1. The monoisotopic (exact) mass is 207 g/mol. The van der Waals surface area contributed by atoms with E-state index in [-0.39, 0.29) is 5.41 Å². The number of anilines is 1. The van der Waals surface area contributed by atoms with Crippen LogP contribution in [0.2, 0.25) is 0 Å². The Hall–Kier alpha value is -1.09. The zero-order valence-corrected chi connectivity index (χ0v) is 10.0. The van der Waals surface area contributed by atoms with E-state index in [1.54, 1.807) is 6.20 Å². The molecule has 0 spiro atoms. The van der Waals surface area contributed by atoms with Crippen LogP contribution in [0.25, 0.3) is 0 Å². The lowest BCUT2D eigenvalue weighted by Crippen LogP contribution is -2.39. The van der Waals surface area contributed by atoms with E-state index in [1.807, 2.05) is 19.3 Å². The Morgan fingerprint density at radius 1 is 1.47 bits per heavy atom. The number of hydrogen-bond donors (Lipinski definition) is 2. The van der Waals surface area contributed by atoms with E-state index in [1.165, 1.54) is 0 Å². The number of hydrogen-bond acceptors (Lipinski definition) is 3. The number of nitrogens with zero attached hydrogens (tertiary/aromatic N) is 1. The Balaban J connectivity index is 2.80. The molecule has 1 heterocycles. The van der Waals surface area contributed by atoms with E-state index in [0.717, 1.165) is 17.7 Å². The van der Waals surface area contributed by atoms with Crippen molar-refractivity contribution in [2.45, 2.75) is 33.2 Å². The fourth-order valence-electron chi connectivity index (χ4n) is 1.67. The summed E-state index contributed by atoms with van der Waals surface area (Å²) >= 11 is 0. The summed E-state index contributed by atoms with van der Waals surface area (Å²) in [5.74, 6) is 0. The Labute approximate surface area is 92.1 Å². The van der Waals surface area contributed by atoms with Gasteiger partial charge in [0.25, 0.3) is 0 Å². The maximum atomic E-state index is 5.90. The molecule has 1 unspecified atom stereocenters. The van der Waals surface area contributed by atoms with Crippen molar-refractivity contribution in [1.29, 1.82) is 0 Å². The highest BCUT2D eigenvalue weighted by molar-refractivity contribution is 5.44. The predicted octanol–water partition coefficient (Wildman–Crippen LogP) is 1.84. The summed E-state index contributed by atoms with van der Waals surface area (Å²) < 4.78 is 0. The van der Waals surface area contributed by atoms with E-state index in [0.29, 0.717) is 6.04 Å². The zero-order chi connectivity index (χ0) is 11.5. The Bertz CT molecular complexity index is 315. The lowest BCUT2D eigenvalue weighted by Gasteiger charge is -2.30. The number of pyridine rings is 1. The minimum Gasteiger partial charge on any atom is -0.398 e. The average molecular weight is 207 g/mol. The number of rotatable bonds is 3. The third kappa shape index (κ3) is 3.20.